The maximum Gasteiger partial charge on any atom is 0.221 e. The largest absolute Gasteiger partial charge is 0.356 e. The van der Waals surface area contributed by atoms with E-state index in [2.05, 4.69) is 32.8 Å². The Balaban J connectivity index is 2.19. The Labute approximate surface area is 128 Å². The average molecular weight is 297 g/mol. The third kappa shape index (κ3) is 6.80. The summed E-state index contributed by atoms with van der Waals surface area (Å²) in [6.45, 7) is 8.84. The first-order valence-corrected chi connectivity index (χ1v) is 8.16. The van der Waals surface area contributed by atoms with Gasteiger partial charge in [-0.25, -0.2) is 0 Å². The number of guanidine groups is 1. The molecule has 0 aromatic rings. The van der Waals surface area contributed by atoms with Crippen LogP contribution in [0.25, 0.3) is 0 Å². The van der Waals surface area contributed by atoms with Crippen LogP contribution in [0.5, 0.6) is 0 Å². The zero-order valence-corrected chi connectivity index (χ0v) is 13.7. The summed E-state index contributed by atoms with van der Waals surface area (Å²) in [7, 11) is 1.76. The van der Waals surface area contributed by atoms with Crippen molar-refractivity contribution in [2.75, 3.05) is 39.8 Å². The van der Waals surface area contributed by atoms with Crippen LogP contribution in [-0.2, 0) is 4.79 Å². The predicted molar refractivity (Wildman–Crippen MR) is 87.6 cm³/mol. The average Bonchev–Trinajstić information content (AvgIpc) is 2.96. The van der Waals surface area contributed by atoms with E-state index in [1.54, 1.807) is 7.05 Å². The predicted octanol–water partition coefficient (Wildman–Crippen LogP) is 0.552. The molecule has 1 fully saturated rings. The monoisotopic (exact) mass is 297 g/mol. The molecule has 1 atom stereocenters. The summed E-state index contributed by atoms with van der Waals surface area (Å²) in [5, 5.41) is 9.42. The molecule has 0 aliphatic carbocycles. The van der Waals surface area contributed by atoms with E-state index < -0.39 is 0 Å². The van der Waals surface area contributed by atoms with Gasteiger partial charge in [-0.05, 0) is 32.4 Å². The molecular formula is C15H31N5O. The van der Waals surface area contributed by atoms with Gasteiger partial charge in [0.05, 0.1) is 0 Å². The summed E-state index contributed by atoms with van der Waals surface area (Å²) in [6.07, 6.45) is 3.98. The molecule has 0 aromatic carbocycles. The Bertz CT molecular complexity index is 332. The number of carbonyl (C=O) groups is 1. The van der Waals surface area contributed by atoms with Gasteiger partial charge in [-0.15, -0.1) is 0 Å². The highest BCUT2D eigenvalue weighted by molar-refractivity contribution is 5.81. The van der Waals surface area contributed by atoms with Crippen molar-refractivity contribution in [3.8, 4) is 0 Å². The fourth-order valence-electron chi connectivity index (χ4n) is 2.62. The van der Waals surface area contributed by atoms with Crippen molar-refractivity contribution in [1.82, 2.24) is 20.9 Å². The van der Waals surface area contributed by atoms with Crippen molar-refractivity contribution in [3.63, 3.8) is 0 Å². The molecule has 3 N–H and O–H groups in total. The second-order valence-electron chi connectivity index (χ2n) is 5.40. The smallest absolute Gasteiger partial charge is 0.221 e. The van der Waals surface area contributed by atoms with Crippen LogP contribution in [0.1, 0.15) is 39.5 Å². The summed E-state index contributed by atoms with van der Waals surface area (Å²) < 4.78 is 0. The lowest BCUT2D eigenvalue weighted by Crippen LogP contribution is -2.45. The van der Waals surface area contributed by atoms with Crippen LogP contribution in [0, 0.1) is 0 Å². The molecule has 0 bridgehead atoms. The number of rotatable bonds is 8. The maximum absolute atomic E-state index is 11.5. The van der Waals surface area contributed by atoms with Gasteiger partial charge in [-0.1, -0.05) is 13.8 Å². The summed E-state index contributed by atoms with van der Waals surface area (Å²) >= 11 is 0. The van der Waals surface area contributed by atoms with Crippen molar-refractivity contribution >= 4 is 11.9 Å². The fraction of sp³-hybridized carbons (Fsp3) is 0.867. The van der Waals surface area contributed by atoms with Gasteiger partial charge in [-0.2, -0.15) is 0 Å². The van der Waals surface area contributed by atoms with Gasteiger partial charge in [-0.3, -0.25) is 14.7 Å². The quantitative estimate of drug-likeness (QED) is 0.452. The first-order valence-electron chi connectivity index (χ1n) is 8.16. The molecule has 0 spiro atoms. The van der Waals surface area contributed by atoms with Crippen LogP contribution in [0.4, 0.5) is 0 Å². The number of aliphatic imine (C=N–C) groups is 1. The van der Waals surface area contributed by atoms with Crippen molar-refractivity contribution in [3.05, 3.63) is 0 Å². The van der Waals surface area contributed by atoms with Gasteiger partial charge >= 0.3 is 0 Å². The van der Waals surface area contributed by atoms with E-state index in [1.807, 2.05) is 6.92 Å². The van der Waals surface area contributed by atoms with Crippen molar-refractivity contribution < 1.29 is 4.79 Å². The van der Waals surface area contributed by atoms with Gasteiger partial charge in [0.1, 0.15) is 0 Å². The number of likely N-dealkylation sites (N-methyl/N-ethyl adjacent to an activating group) is 1. The minimum absolute atomic E-state index is 0.0905. The van der Waals surface area contributed by atoms with E-state index in [1.165, 1.54) is 19.4 Å². The molecule has 1 amide bonds. The number of amides is 1. The zero-order valence-electron chi connectivity index (χ0n) is 13.7. The third-order valence-corrected chi connectivity index (χ3v) is 3.85. The van der Waals surface area contributed by atoms with E-state index in [0.29, 0.717) is 19.0 Å². The van der Waals surface area contributed by atoms with Crippen molar-refractivity contribution in [2.45, 2.75) is 45.6 Å². The van der Waals surface area contributed by atoms with Crippen LogP contribution in [-0.4, -0.2) is 62.6 Å². The number of likely N-dealkylation sites (tertiary alicyclic amines) is 1. The summed E-state index contributed by atoms with van der Waals surface area (Å²) in [6, 6.07) is 0.599. The molecule has 1 heterocycles. The summed E-state index contributed by atoms with van der Waals surface area (Å²) in [4.78, 5) is 18.2. The highest BCUT2D eigenvalue weighted by atomic mass is 16.1. The van der Waals surface area contributed by atoms with Crippen LogP contribution in [0.3, 0.4) is 0 Å². The first-order chi connectivity index (χ1) is 10.2. The second-order valence-corrected chi connectivity index (χ2v) is 5.40. The van der Waals surface area contributed by atoms with E-state index in [0.717, 1.165) is 32.0 Å². The number of hydrogen-bond acceptors (Lipinski definition) is 3. The lowest BCUT2D eigenvalue weighted by molar-refractivity contribution is -0.120. The van der Waals surface area contributed by atoms with E-state index in [4.69, 9.17) is 0 Å². The molecule has 0 saturated carbocycles. The van der Waals surface area contributed by atoms with E-state index >= 15 is 0 Å². The Hall–Kier alpha value is -1.30. The van der Waals surface area contributed by atoms with Gasteiger partial charge in [0.2, 0.25) is 5.91 Å². The van der Waals surface area contributed by atoms with Crippen molar-refractivity contribution in [1.29, 1.82) is 0 Å². The van der Waals surface area contributed by atoms with Gasteiger partial charge in [0, 0.05) is 39.1 Å². The number of carbonyl (C=O) groups excluding carboxylic acids is 1. The Morgan fingerprint density at radius 3 is 2.71 bits per heavy atom. The number of nitrogens with zero attached hydrogens (tertiary/aromatic N) is 2. The van der Waals surface area contributed by atoms with Crippen molar-refractivity contribution in [2.24, 2.45) is 4.99 Å². The first kappa shape index (κ1) is 17.8. The normalized spacial score (nSPS) is 19.6. The van der Waals surface area contributed by atoms with Gasteiger partial charge < -0.3 is 16.0 Å². The zero-order chi connectivity index (χ0) is 15.5. The van der Waals surface area contributed by atoms with Gasteiger partial charge in [0.15, 0.2) is 5.96 Å². The SMILES string of the molecule is CCCNC(=O)CCNC(=NC)NCC1CCCN1CC. The number of nitrogens with one attached hydrogen (secondary N) is 3. The van der Waals surface area contributed by atoms with Crippen LogP contribution in [0.15, 0.2) is 4.99 Å². The standard InChI is InChI=1S/C15H31N5O/c1-4-9-17-14(21)8-10-18-15(16-3)19-12-13-7-6-11-20(13)5-2/h13H,4-12H2,1-3H3,(H,17,21)(H2,16,18,19). The minimum Gasteiger partial charge on any atom is -0.356 e. The maximum atomic E-state index is 11.5. The van der Waals surface area contributed by atoms with E-state index in [9.17, 15) is 4.79 Å². The molecule has 1 rings (SSSR count). The minimum atomic E-state index is 0.0905. The lowest BCUT2D eigenvalue weighted by atomic mass is 10.2. The highest BCUT2D eigenvalue weighted by Crippen LogP contribution is 2.15. The molecule has 6 nitrogen and oxygen atoms in total. The third-order valence-electron chi connectivity index (χ3n) is 3.85. The fourth-order valence-corrected chi connectivity index (χ4v) is 2.62. The lowest BCUT2D eigenvalue weighted by Gasteiger charge is -2.23. The molecule has 1 aliphatic rings. The Morgan fingerprint density at radius 1 is 1.24 bits per heavy atom. The van der Waals surface area contributed by atoms with Crippen LogP contribution < -0.4 is 16.0 Å². The second kappa shape index (κ2) is 10.4. The number of hydrogen-bond donors (Lipinski definition) is 3. The summed E-state index contributed by atoms with van der Waals surface area (Å²) in [5.74, 6) is 0.869. The molecule has 0 radical (unpaired) electrons. The molecule has 0 aromatic heterocycles. The Morgan fingerprint density at radius 2 is 2.05 bits per heavy atom. The Kier molecular flexibility index (Phi) is 8.82. The molecule has 122 valence electrons. The highest BCUT2D eigenvalue weighted by Gasteiger charge is 2.22. The molecular weight excluding hydrogens is 266 g/mol. The van der Waals surface area contributed by atoms with Crippen LogP contribution in [0.2, 0.25) is 0 Å². The summed E-state index contributed by atoms with van der Waals surface area (Å²) in [5.41, 5.74) is 0. The molecule has 1 unspecified atom stereocenters. The van der Waals surface area contributed by atoms with E-state index in [-0.39, 0.29) is 5.91 Å². The molecule has 6 heteroatoms. The topological polar surface area (TPSA) is 68.8 Å². The van der Waals surface area contributed by atoms with Gasteiger partial charge in [0.25, 0.3) is 0 Å². The van der Waals surface area contributed by atoms with Crippen LogP contribution >= 0.6 is 0 Å². The molecule has 21 heavy (non-hydrogen) atoms. The molecule has 1 saturated heterocycles. The molecule has 1 aliphatic heterocycles.